The molecule has 0 heterocycles. The molecule has 0 fully saturated rings. The van der Waals surface area contributed by atoms with Crippen molar-refractivity contribution in [2.75, 3.05) is 12.3 Å². The minimum Gasteiger partial charge on any atom is -0.548 e. The Labute approximate surface area is 194 Å². The van der Waals surface area contributed by atoms with Gasteiger partial charge in [0, 0.05) is 18.6 Å². The molecule has 0 saturated carbocycles. The van der Waals surface area contributed by atoms with E-state index in [1.54, 1.807) is 0 Å². The summed E-state index contributed by atoms with van der Waals surface area (Å²) in [5.41, 5.74) is 3.30. The normalized spacial score (nSPS) is 12.6. The number of rotatable bonds is 11. The molecule has 1 rings (SSSR count). The average molecular weight is 518 g/mol. The quantitative estimate of drug-likeness (QED) is 0.121. The fraction of sp³-hybridized carbons (Fsp3) is 0.375. The molecule has 0 aliphatic rings. The fourth-order valence-electron chi connectivity index (χ4n) is 2.07. The van der Waals surface area contributed by atoms with E-state index in [0.29, 0.717) is 11.8 Å². The van der Waals surface area contributed by atoms with Crippen molar-refractivity contribution >= 4 is 70.3 Å². The lowest BCUT2D eigenvalue weighted by molar-refractivity contribution is -0.438. The highest BCUT2D eigenvalue weighted by molar-refractivity contribution is 7.99. The molecule has 2 amide bonds. The van der Waals surface area contributed by atoms with E-state index in [9.17, 15) is 39.6 Å². The number of nitrogens with one attached hydrogen (secondary N) is 2. The number of hydrogen-bond acceptors (Lipinski definition) is 9. The number of phenols is 2. The molecule has 0 aromatic heterocycles. The van der Waals surface area contributed by atoms with Crippen molar-refractivity contribution in [3.63, 3.8) is 0 Å². The predicted molar refractivity (Wildman–Crippen MR) is 106 cm³/mol. The maximum absolute atomic E-state index is 12.3. The Bertz CT molecular complexity index is 857. The van der Waals surface area contributed by atoms with Gasteiger partial charge in [-0.25, -0.2) is 0 Å². The van der Waals surface area contributed by atoms with Crippen LogP contribution in [0.15, 0.2) is 4.90 Å². The third-order valence-electron chi connectivity index (χ3n) is 3.74. The highest BCUT2D eigenvalue weighted by Crippen LogP contribution is 2.50. The monoisotopic (exact) mass is 516 g/mol. The van der Waals surface area contributed by atoms with Crippen molar-refractivity contribution in [3.8, 4) is 11.5 Å². The van der Waals surface area contributed by atoms with Crippen LogP contribution in [0.2, 0.25) is 15.1 Å². The van der Waals surface area contributed by atoms with Crippen molar-refractivity contribution in [1.29, 1.82) is 0 Å². The second-order valence-corrected chi connectivity index (χ2v) is 8.21. The maximum Gasteiger partial charge on any atom is 0.243 e. The molecule has 11 nitrogen and oxygen atoms in total. The highest BCUT2D eigenvalue weighted by Gasteiger charge is 2.26. The molecular weight excluding hydrogens is 501 g/mol. The van der Waals surface area contributed by atoms with Crippen LogP contribution in [0, 0.1) is 0 Å². The summed E-state index contributed by atoms with van der Waals surface area (Å²) in [5.74, 6) is -6.13. The standard InChI is InChI=1S/C16H18Cl3N3O8S/c17-9-10(18)13(27)14(11(19)12(9)26)31-4-6(15(28)21-3-8(24)25)22-7(23)2-1-5(20)16(29)30/h5-6,26-27H,1-4,20H2,(H,21,28)(H,22,23)(H,24,25)(H,29,30)/p-1/t5-,6-/m0/s1. The lowest BCUT2D eigenvalue weighted by Crippen LogP contribution is -2.68. The number of halogens is 3. The smallest absolute Gasteiger partial charge is 0.243 e. The molecule has 1 aromatic carbocycles. The van der Waals surface area contributed by atoms with Crippen LogP contribution in [-0.4, -0.2) is 58.3 Å². The molecule has 0 bridgehead atoms. The van der Waals surface area contributed by atoms with E-state index in [1.807, 2.05) is 5.32 Å². The molecule has 0 aliphatic carbocycles. The van der Waals surface area contributed by atoms with Gasteiger partial charge in [0.2, 0.25) is 11.8 Å². The van der Waals surface area contributed by atoms with Crippen molar-refractivity contribution in [3.05, 3.63) is 15.1 Å². The van der Waals surface area contributed by atoms with Gasteiger partial charge >= 0.3 is 0 Å². The molecule has 172 valence electrons. The van der Waals surface area contributed by atoms with Crippen molar-refractivity contribution in [2.24, 2.45) is 0 Å². The van der Waals surface area contributed by atoms with Gasteiger partial charge in [-0.3, -0.25) is 9.59 Å². The Balaban J connectivity index is 2.98. The van der Waals surface area contributed by atoms with E-state index >= 15 is 0 Å². The molecule has 2 atom stereocenters. The fourth-order valence-corrected chi connectivity index (χ4v) is 3.92. The van der Waals surface area contributed by atoms with Crippen molar-refractivity contribution < 1.29 is 45.3 Å². The van der Waals surface area contributed by atoms with Gasteiger partial charge in [-0.15, -0.1) is 11.8 Å². The zero-order chi connectivity index (χ0) is 23.9. The molecule has 0 unspecified atom stereocenters. The van der Waals surface area contributed by atoms with Crippen molar-refractivity contribution in [2.45, 2.75) is 29.8 Å². The SMILES string of the molecule is [NH3+][C@@H](CCC(=O)N[C@@H](CSc1c(O)c(Cl)c(Cl)c(O)c1Cl)C(=O)NCC(=O)[O-])C(=O)[O-]. The van der Waals surface area contributed by atoms with Crippen molar-refractivity contribution in [1.82, 2.24) is 10.6 Å². The van der Waals surface area contributed by atoms with E-state index in [-0.39, 0.29) is 33.5 Å². The second kappa shape index (κ2) is 12.1. The van der Waals surface area contributed by atoms with Crippen LogP contribution in [0.5, 0.6) is 11.5 Å². The number of carbonyl (C=O) groups excluding carboxylic acids is 4. The molecule has 1 aromatic rings. The second-order valence-electron chi connectivity index (χ2n) is 6.04. The maximum atomic E-state index is 12.3. The summed E-state index contributed by atoms with van der Waals surface area (Å²) < 4.78 is 0. The van der Waals surface area contributed by atoms with Gasteiger partial charge in [0.25, 0.3) is 0 Å². The first-order valence-corrected chi connectivity index (χ1v) is 10.5. The van der Waals surface area contributed by atoms with Gasteiger partial charge in [-0.05, 0) is 0 Å². The largest absolute Gasteiger partial charge is 0.548 e. The number of thioether (sulfide) groups is 1. The van der Waals surface area contributed by atoms with E-state index in [4.69, 9.17) is 34.8 Å². The number of amides is 2. The molecule has 0 aliphatic heterocycles. The number of carboxylic acids is 2. The van der Waals surface area contributed by atoms with Gasteiger partial charge in [0.1, 0.15) is 27.2 Å². The number of phenolic OH excluding ortho intramolecular Hbond substituents is 2. The summed E-state index contributed by atoms with van der Waals surface area (Å²) in [5, 5.41) is 44.4. The zero-order valence-electron chi connectivity index (χ0n) is 15.6. The number of benzene rings is 1. The van der Waals surface area contributed by atoms with Crippen LogP contribution in [0.1, 0.15) is 12.8 Å². The van der Waals surface area contributed by atoms with E-state index in [2.05, 4.69) is 11.1 Å². The van der Waals surface area contributed by atoms with Gasteiger partial charge in [-0.2, -0.15) is 0 Å². The topological polar surface area (TPSA) is 207 Å². The van der Waals surface area contributed by atoms with Crippen LogP contribution in [0.25, 0.3) is 0 Å². The van der Waals surface area contributed by atoms with Crippen LogP contribution < -0.4 is 26.6 Å². The summed E-state index contributed by atoms with van der Waals surface area (Å²) in [6.45, 7) is -0.832. The third kappa shape index (κ3) is 7.82. The highest BCUT2D eigenvalue weighted by atomic mass is 35.5. The van der Waals surface area contributed by atoms with E-state index in [1.165, 1.54) is 0 Å². The van der Waals surface area contributed by atoms with Crippen LogP contribution in [0.3, 0.4) is 0 Å². The Morgan fingerprint density at radius 1 is 1.03 bits per heavy atom. The van der Waals surface area contributed by atoms with Crippen LogP contribution in [0.4, 0.5) is 0 Å². The zero-order valence-corrected chi connectivity index (χ0v) is 18.7. The number of aromatic hydroxyl groups is 2. The minimum atomic E-state index is -1.57. The molecule has 0 saturated heterocycles. The first-order chi connectivity index (χ1) is 14.4. The number of carbonyl (C=O) groups is 4. The van der Waals surface area contributed by atoms with E-state index < -0.39 is 58.9 Å². The number of quaternary nitrogens is 1. The summed E-state index contributed by atoms with van der Waals surface area (Å²) in [6, 6.07) is -2.49. The Morgan fingerprint density at radius 2 is 1.61 bits per heavy atom. The molecule has 15 heteroatoms. The molecule has 7 N–H and O–H groups in total. The lowest BCUT2D eigenvalue weighted by atomic mass is 10.1. The minimum absolute atomic E-state index is 0.143. The summed E-state index contributed by atoms with van der Waals surface area (Å²) in [6.07, 6.45) is -0.474. The first kappa shape index (κ1) is 26.9. The number of aliphatic carboxylic acids is 2. The lowest BCUT2D eigenvalue weighted by Gasteiger charge is -2.20. The predicted octanol–water partition coefficient (Wildman–Crippen LogP) is -2.36. The van der Waals surface area contributed by atoms with Crippen LogP contribution in [-0.2, 0) is 19.2 Å². The third-order valence-corrected chi connectivity index (χ3v) is 6.24. The summed E-state index contributed by atoms with van der Waals surface area (Å²) in [4.78, 5) is 45.5. The Kier molecular flexibility index (Phi) is 10.5. The van der Waals surface area contributed by atoms with Gasteiger partial charge in [0.05, 0.1) is 23.4 Å². The van der Waals surface area contributed by atoms with Gasteiger partial charge in [0.15, 0.2) is 11.5 Å². The molecule has 0 radical (unpaired) electrons. The number of hydrogen-bond donors (Lipinski definition) is 5. The van der Waals surface area contributed by atoms with Gasteiger partial charge in [-0.1, -0.05) is 34.8 Å². The molecular formula is C16H17Cl3N3O8S-. The molecule has 31 heavy (non-hydrogen) atoms. The van der Waals surface area contributed by atoms with Gasteiger partial charge < -0.3 is 46.4 Å². The summed E-state index contributed by atoms with van der Waals surface area (Å²) in [7, 11) is 0. The molecule has 0 spiro atoms. The van der Waals surface area contributed by atoms with E-state index in [0.717, 1.165) is 0 Å². The van der Waals surface area contributed by atoms with Crippen LogP contribution >= 0.6 is 46.6 Å². The average Bonchev–Trinajstić information content (AvgIpc) is 2.71. The Hall–Kier alpha value is -2.12. The Morgan fingerprint density at radius 3 is 2.16 bits per heavy atom. The number of carboxylic acid groups (broad SMARTS) is 2. The first-order valence-electron chi connectivity index (χ1n) is 8.38. The summed E-state index contributed by atoms with van der Waals surface area (Å²) >= 11 is 18.2.